The van der Waals surface area contributed by atoms with E-state index < -0.39 is 0 Å². The van der Waals surface area contributed by atoms with E-state index in [9.17, 15) is 0 Å². The van der Waals surface area contributed by atoms with Crippen molar-refractivity contribution in [2.24, 2.45) is 0 Å². The minimum absolute atomic E-state index is 0.0837. The SMILES string of the molecule is COc1ccccc1C1(c2nn[nH]n2)CC1. The zero-order valence-corrected chi connectivity index (χ0v) is 8.97. The number of aromatic nitrogens is 4. The van der Waals surface area contributed by atoms with Crippen LogP contribution < -0.4 is 4.74 Å². The van der Waals surface area contributed by atoms with Crippen LogP contribution in [-0.4, -0.2) is 27.7 Å². The van der Waals surface area contributed by atoms with Crippen LogP contribution >= 0.6 is 0 Å². The third kappa shape index (κ3) is 1.21. The first-order valence-corrected chi connectivity index (χ1v) is 5.24. The summed E-state index contributed by atoms with van der Waals surface area (Å²) in [5, 5.41) is 14.3. The fourth-order valence-electron chi connectivity index (χ4n) is 2.14. The fourth-order valence-corrected chi connectivity index (χ4v) is 2.14. The zero-order chi connectivity index (χ0) is 11.0. The number of para-hydroxylation sites is 1. The van der Waals surface area contributed by atoms with Crippen molar-refractivity contribution in [2.75, 3.05) is 7.11 Å². The highest BCUT2D eigenvalue weighted by Gasteiger charge is 2.51. The number of tetrazole rings is 1. The molecular formula is C11H12N4O. The van der Waals surface area contributed by atoms with Crippen molar-refractivity contribution in [1.29, 1.82) is 0 Å². The predicted octanol–water partition coefficient (Wildman–Crippen LogP) is 1.29. The highest BCUT2D eigenvalue weighted by atomic mass is 16.5. The molecule has 0 amide bonds. The summed E-state index contributed by atoms with van der Waals surface area (Å²) >= 11 is 0. The van der Waals surface area contributed by atoms with Crippen LogP contribution in [0.25, 0.3) is 0 Å². The number of rotatable bonds is 3. The van der Waals surface area contributed by atoms with Crippen molar-refractivity contribution in [3.63, 3.8) is 0 Å². The van der Waals surface area contributed by atoms with Gasteiger partial charge in [-0.15, -0.1) is 10.2 Å². The number of benzene rings is 1. The molecule has 3 rings (SSSR count). The Hall–Kier alpha value is -1.91. The molecule has 0 spiro atoms. The van der Waals surface area contributed by atoms with Gasteiger partial charge in [0.15, 0.2) is 5.82 Å². The number of aromatic amines is 1. The Morgan fingerprint density at radius 2 is 2.12 bits per heavy atom. The highest BCUT2D eigenvalue weighted by molar-refractivity contribution is 5.47. The van der Waals surface area contributed by atoms with Crippen LogP contribution in [0.2, 0.25) is 0 Å². The van der Waals surface area contributed by atoms with Crippen LogP contribution in [0.4, 0.5) is 0 Å². The second kappa shape index (κ2) is 3.30. The summed E-state index contributed by atoms with van der Waals surface area (Å²) < 4.78 is 5.38. The third-order valence-electron chi connectivity index (χ3n) is 3.15. The largest absolute Gasteiger partial charge is 0.496 e. The topological polar surface area (TPSA) is 63.7 Å². The fraction of sp³-hybridized carbons (Fsp3) is 0.364. The van der Waals surface area contributed by atoms with Gasteiger partial charge in [-0.25, -0.2) is 0 Å². The maximum absolute atomic E-state index is 5.38. The molecule has 0 aliphatic heterocycles. The molecule has 0 radical (unpaired) electrons. The molecule has 5 heteroatoms. The van der Waals surface area contributed by atoms with E-state index >= 15 is 0 Å². The van der Waals surface area contributed by atoms with Gasteiger partial charge < -0.3 is 4.74 Å². The molecule has 0 saturated heterocycles. The Balaban J connectivity index is 2.10. The van der Waals surface area contributed by atoms with E-state index in [2.05, 4.69) is 26.7 Å². The lowest BCUT2D eigenvalue weighted by Gasteiger charge is -2.14. The van der Waals surface area contributed by atoms with E-state index in [1.807, 2.05) is 18.2 Å². The highest BCUT2D eigenvalue weighted by Crippen LogP contribution is 2.54. The lowest BCUT2D eigenvalue weighted by Crippen LogP contribution is -2.12. The van der Waals surface area contributed by atoms with Gasteiger partial charge in [-0.1, -0.05) is 23.4 Å². The lowest BCUT2D eigenvalue weighted by atomic mass is 9.94. The summed E-state index contributed by atoms with van der Waals surface area (Å²) in [5.74, 6) is 1.65. The molecule has 0 atom stereocenters. The zero-order valence-electron chi connectivity index (χ0n) is 8.97. The van der Waals surface area contributed by atoms with Gasteiger partial charge in [-0.3, -0.25) is 0 Å². The number of hydrogen-bond donors (Lipinski definition) is 1. The Morgan fingerprint density at radius 3 is 2.75 bits per heavy atom. The van der Waals surface area contributed by atoms with Gasteiger partial charge in [0.05, 0.1) is 12.5 Å². The number of nitrogens with zero attached hydrogens (tertiary/aromatic N) is 3. The van der Waals surface area contributed by atoms with Gasteiger partial charge in [0.1, 0.15) is 5.75 Å². The first kappa shape index (κ1) is 9.33. The summed E-state index contributed by atoms with van der Waals surface area (Å²) in [6, 6.07) is 8.02. The molecule has 1 N–H and O–H groups in total. The van der Waals surface area contributed by atoms with Crippen LogP contribution in [-0.2, 0) is 5.41 Å². The number of nitrogens with one attached hydrogen (secondary N) is 1. The Labute approximate surface area is 92.8 Å². The summed E-state index contributed by atoms with van der Waals surface area (Å²) in [7, 11) is 1.69. The number of H-pyrrole nitrogens is 1. The molecule has 5 nitrogen and oxygen atoms in total. The molecule has 0 unspecified atom stereocenters. The molecule has 0 bridgehead atoms. The van der Waals surface area contributed by atoms with Crippen molar-refractivity contribution < 1.29 is 4.74 Å². The van der Waals surface area contributed by atoms with Crippen LogP contribution in [0, 0.1) is 0 Å². The Bertz CT molecular complexity index is 490. The first-order valence-electron chi connectivity index (χ1n) is 5.24. The average molecular weight is 216 g/mol. The molecular weight excluding hydrogens is 204 g/mol. The van der Waals surface area contributed by atoms with Crippen LogP contribution in [0.5, 0.6) is 5.75 Å². The maximum Gasteiger partial charge on any atom is 0.185 e. The van der Waals surface area contributed by atoms with Gasteiger partial charge in [0.25, 0.3) is 0 Å². The summed E-state index contributed by atoms with van der Waals surface area (Å²) in [6.07, 6.45) is 2.10. The van der Waals surface area contributed by atoms with Gasteiger partial charge in [0.2, 0.25) is 0 Å². The van der Waals surface area contributed by atoms with Crippen LogP contribution in [0.3, 0.4) is 0 Å². The summed E-state index contributed by atoms with van der Waals surface area (Å²) in [6.45, 7) is 0. The minimum atomic E-state index is -0.0837. The van der Waals surface area contributed by atoms with Crippen molar-refractivity contribution in [2.45, 2.75) is 18.3 Å². The van der Waals surface area contributed by atoms with Crippen LogP contribution in [0.15, 0.2) is 24.3 Å². The van der Waals surface area contributed by atoms with Crippen LogP contribution in [0.1, 0.15) is 24.2 Å². The molecule has 1 fully saturated rings. The molecule has 16 heavy (non-hydrogen) atoms. The molecule has 1 saturated carbocycles. The van der Waals surface area contributed by atoms with E-state index in [0.29, 0.717) is 0 Å². The first-order chi connectivity index (χ1) is 7.87. The van der Waals surface area contributed by atoms with Gasteiger partial charge in [-0.05, 0) is 18.9 Å². The monoisotopic (exact) mass is 216 g/mol. The number of hydrogen-bond acceptors (Lipinski definition) is 4. The predicted molar refractivity (Wildman–Crippen MR) is 57.2 cm³/mol. The standard InChI is InChI=1S/C11H12N4O/c1-16-9-5-3-2-4-8(9)11(6-7-11)10-12-14-15-13-10/h2-5H,6-7H2,1H3,(H,12,13,14,15). The molecule has 1 aromatic heterocycles. The number of ether oxygens (including phenoxy) is 1. The second-order valence-electron chi connectivity index (χ2n) is 4.02. The van der Waals surface area contributed by atoms with E-state index in [4.69, 9.17) is 4.74 Å². The average Bonchev–Trinajstić information content (AvgIpc) is 2.96. The van der Waals surface area contributed by atoms with Crippen molar-refractivity contribution in [1.82, 2.24) is 20.6 Å². The summed E-state index contributed by atoms with van der Waals surface area (Å²) in [5.41, 5.74) is 1.07. The van der Waals surface area contributed by atoms with E-state index in [1.165, 1.54) is 0 Å². The van der Waals surface area contributed by atoms with Crippen molar-refractivity contribution >= 4 is 0 Å². The molecule has 1 aliphatic rings. The van der Waals surface area contributed by atoms with E-state index in [-0.39, 0.29) is 5.41 Å². The van der Waals surface area contributed by atoms with Gasteiger partial charge in [-0.2, -0.15) is 5.21 Å². The van der Waals surface area contributed by atoms with Gasteiger partial charge >= 0.3 is 0 Å². The maximum atomic E-state index is 5.38. The smallest absolute Gasteiger partial charge is 0.185 e. The normalized spacial score (nSPS) is 17.1. The third-order valence-corrected chi connectivity index (χ3v) is 3.15. The molecule has 1 aromatic carbocycles. The molecule has 1 aliphatic carbocycles. The number of methoxy groups -OCH3 is 1. The Morgan fingerprint density at radius 1 is 1.31 bits per heavy atom. The minimum Gasteiger partial charge on any atom is -0.496 e. The van der Waals surface area contributed by atoms with Gasteiger partial charge in [0, 0.05) is 5.56 Å². The molecule has 1 heterocycles. The van der Waals surface area contributed by atoms with Crippen molar-refractivity contribution in [3.05, 3.63) is 35.7 Å². The summed E-state index contributed by atoms with van der Waals surface area (Å²) in [4.78, 5) is 0. The van der Waals surface area contributed by atoms with E-state index in [0.717, 1.165) is 30.0 Å². The lowest BCUT2D eigenvalue weighted by molar-refractivity contribution is 0.406. The van der Waals surface area contributed by atoms with Crippen molar-refractivity contribution in [3.8, 4) is 5.75 Å². The Kier molecular flexibility index (Phi) is 1.92. The second-order valence-corrected chi connectivity index (χ2v) is 4.02. The molecule has 2 aromatic rings. The quantitative estimate of drug-likeness (QED) is 0.839. The van der Waals surface area contributed by atoms with E-state index in [1.54, 1.807) is 7.11 Å². The molecule has 82 valence electrons.